The normalized spacial score (nSPS) is 16.8. The van der Waals surface area contributed by atoms with Crippen molar-refractivity contribution in [2.45, 2.75) is 20.4 Å². The number of nitrogens with zero attached hydrogens (tertiary/aromatic N) is 6. The third-order valence-corrected chi connectivity index (χ3v) is 7.45. The van der Waals surface area contributed by atoms with Crippen molar-refractivity contribution in [1.29, 1.82) is 0 Å². The van der Waals surface area contributed by atoms with Gasteiger partial charge in [-0.1, -0.05) is 23.7 Å². The number of rotatable bonds is 5. The van der Waals surface area contributed by atoms with Crippen LogP contribution in [0, 0.1) is 13.8 Å². The largest absolute Gasteiger partial charge is 0.353 e. The van der Waals surface area contributed by atoms with Gasteiger partial charge in [-0.05, 0) is 60.9 Å². The van der Waals surface area contributed by atoms with Crippen molar-refractivity contribution < 1.29 is 9.59 Å². The Morgan fingerprint density at radius 2 is 1.70 bits per heavy atom. The first-order valence-electron chi connectivity index (χ1n) is 12.6. The maximum atomic E-state index is 13.5. The van der Waals surface area contributed by atoms with E-state index in [1.54, 1.807) is 22.2 Å². The fraction of sp³-hybridized carbons (Fsp3) is 0.357. The fourth-order valence-electron chi connectivity index (χ4n) is 5.04. The Bertz CT molecular complexity index is 1290. The molecule has 192 valence electrons. The third-order valence-electron chi connectivity index (χ3n) is 7.15. The minimum atomic E-state index is -0.117. The third kappa shape index (κ3) is 5.45. The summed E-state index contributed by atoms with van der Waals surface area (Å²) in [6.07, 6.45) is 3.44. The number of amides is 2. The van der Waals surface area contributed by atoms with Crippen molar-refractivity contribution in [3.63, 3.8) is 0 Å². The van der Waals surface area contributed by atoms with Gasteiger partial charge in [0, 0.05) is 63.8 Å². The van der Waals surface area contributed by atoms with Crippen molar-refractivity contribution in [2.24, 2.45) is 0 Å². The molecule has 0 saturated carbocycles. The first-order chi connectivity index (χ1) is 17.9. The molecule has 2 amide bonds. The van der Waals surface area contributed by atoms with Crippen LogP contribution in [0.15, 0.2) is 54.9 Å². The number of halogens is 1. The number of hydrogen-bond donors (Lipinski definition) is 0. The number of carbonyl (C=O) groups is 2. The van der Waals surface area contributed by atoms with E-state index in [1.165, 1.54) is 5.56 Å². The van der Waals surface area contributed by atoms with Gasteiger partial charge in [-0.15, -0.1) is 0 Å². The number of aromatic nitrogens is 2. The zero-order chi connectivity index (χ0) is 25.9. The lowest BCUT2D eigenvalue weighted by Gasteiger charge is -2.36. The van der Waals surface area contributed by atoms with E-state index in [2.05, 4.69) is 32.8 Å². The SMILES string of the molecule is Cc1cc(C)c(C(=O)N2CCN(c3ccccn3)C(=O)C2)cc1CN1CCN(c2ncccc2Cl)CC1. The molecule has 1 aromatic carbocycles. The van der Waals surface area contributed by atoms with E-state index in [0.29, 0.717) is 29.5 Å². The first-order valence-corrected chi connectivity index (χ1v) is 13.0. The van der Waals surface area contributed by atoms with Gasteiger partial charge in [0.15, 0.2) is 0 Å². The molecule has 0 atom stereocenters. The zero-order valence-electron chi connectivity index (χ0n) is 21.2. The molecule has 9 heteroatoms. The molecule has 2 aliphatic rings. The quantitative estimate of drug-likeness (QED) is 0.514. The standard InChI is InChI=1S/C28H31ClN6O2/c1-20-16-21(2)23(28(37)34-14-15-35(26(36)19-34)25-7-3-4-8-30-25)17-22(20)18-32-10-12-33(13-11-32)27-24(29)6-5-9-31-27/h3-9,16-17H,10-15,18-19H2,1-2H3. The van der Waals surface area contributed by atoms with Crippen LogP contribution in [0.25, 0.3) is 0 Å². The van der Waals surface area contributed by atoms with Gasteiger partial charge in [0.05, 0.1) is 5.02 Å². The minimum absolute atomic E-state index is 0.0517. The molecule has 3 aromatic rings. The van der Waals surface area contributed by atoms with E-state index in [1.807, 2.05) is 43.3 Å². The molecule has 8 nitrogen and oxygen atoms in total. The number of hydrogen-bond acceptors (Lipinski definition) is 6. The molecule has 0 unspecified atom stereocenters. The molecule has 0 bridgehead atoms. The zero-order valence-corrected chi connectivity index (χ0v) is 22.0. The van der Waals surface area contributed by atoms with Crippen LogP contribution in [0.2, 0.25) is 5.02 Å². The molecule has 37 heavy (non-hydrogen) atoms. The van der Waals surface area contributed by atoms with Crippen molar-refractivity contribution in [1.82, 2.24) is 19.8 Å². The molecule has 2 fully saturated rings. The van der Waals surface area contributed by atoms with Crippen LogP contribution >= 0.6 is 11.6 Å². The molecular weight excluding hydrogens is 488 g/mol. The lowest BCUT2D eigenvalue weighted by molar-refractivity contribution is -0.120. The van der Waals surface area contributed by atoms with Gasteiger partial charge in [0.25, 0.3) is 5.91 Å². The summed E-state index contributed by atoms with van der Waals surface area (Å²) in [6.45, 7) is 9.23. The van der Waals surface area contributed by atoms with Gasteiger partial charge in [-0.25, -0.2) is 9.97 Å². The van der Waals surface area contributed by atoms with Crippen molar-refractivity contribution in [3.05, 3.63) is 82.1 Å². The van der Waals surface area contributed by atoms with Crippen LogP contribution in [0.1, 0.15) is 27.0 Å². The van der Waals surface area contributed by atoms with Crippen LogP contribution in [-0.2, 0) is 11.3 Å². The van der Waals surface area contributed by atoms with Crippen LogP contribution in [0.5, 0.6) is 0 Å². The average molecular weight is 519 g/mol. The minimum Gasteiger partial charge on any atom is -0.353 e. The predicted molar refractivity (Wildman–Crippen MR) is 145 cm³/mol. The van der Waals surface area contributed by atoms with Gasteiger partial charge in [-0.2, -0.15) is 0 Å². The Kier molecular flexibility index (Phi) is 7.39. The second kappa shape index (κ2) is 10.9. The Morgan fingerprint density at radius 1 is 0.919 bits per heavy atom. The van der Waals surface area contributed by atoms with Crippen LogP contribution in [-0.4, -0.2) is 77.4 Å². The predicted octanol–water partition coefficient (Wildman–Crippen LogP) is 3.56. The highest BCUT2D eigenvalue weighted by atomic mass is 35.5. The smallest absolute Gasteiger partial charge is 0.254 e. The first kappa shape index (κ1) is 25.2. The Labute approximate surface area is 222 Å². The maximum Gasteiger partial charge on any atom is 0.254 e. The summed E-state index contributed by atoms with van der Waals surface area (Å²) in [4.78, 5) is 43.0. The van der Waals surface area contributed by atoms with E-state index >= 15 is 0 Å². The molecule has 2 aliphatic heterocycles. The number of piperazine rings is 2. The molecule has 0 spiro atoms. The monoisotopic (exact) mass is 518 g/mol. The number of anilines is 2. The van der Waals surface area contributed by atoms with E-state index in [0.717, 1.165) is 49.7 Å². The number of benzene rings is 1. The van der Waals surface area contributed by atoms with Crippen LogP contribution in [0.3, 0.4) is 0 Å². The molecule has 5 rings (SSSR count). The highest BCUT2D eigenvalue weighted by molar-refractivity contribution is 6.32. The van der Waals surface area contributed by atoms with Crippen LogP contribution < -0.4 is 9.80 Å². The van der Waals surface area contributed by atoms with Gasteiger partial charge in [0.1, 0.15) is 18.2 Å². The van der Waals surface area contributed by atoms with Crippen molar-refractivity contribution >= 4 is 35.1 Å². The summed E-state index contributed by atoms with van der Waals surface area (Å²) in [6, 6.07) is 13.3. The Morgan fingerprint density at radius 3 is 2.41 bits per heavy atom. The summed E-state index contributed by atoms with van der Waals surface area (Å²) >= 11 is 6.34. The van der Waals surface area contributed by atoms with E-state index in [-0.39, 0.29) is 18.4 Å². The second-order valence-electron chi connectivity index (χ2n) is 9.63. The molecule has 4 heterocycles. The van der Waals surface area contributed by atoms with Gasteiger partial charge >= 0.3 is 0 Å². The number of pyridine rings is 2. The van der Waals surface area contributed by atoms with Crippen molar-refractivity contribution in [3.8, 4) is 0 Å². The Hall–Kier alpha value is -3.49. The highest BCUT2D eigenvalue weighted by Crippen LogP contribution is 2.25. The molecule has 2 saturated heterocycles. The summed E-state index contributed by atoms with van der Waals surface area (Å²) in [5.74, 6) is 1.25. The number of carbonyl (C=O) groups excluding carboxylic acids is 2. The fourth-order valence-corrected chi connectivity index (χ4v) is 5.28. The molecule has 0 aliphatic carbocycles. The van der Waals surface area contributed by atoms with E-state index in [4.69, 9.17) is 11.6 Å². The maximum absolute atomic E-state index is 13.5. The topological polar surface area (TPSA) is 72.9 Å². The summed E-state index contributed by atoms with van der Waals surface area (Å²) in [5.41, 5.74) is 3.90. The summed E-state index contributed by atoms with van der Waals surface area (Å²) in [5, 5.41) is 0.674. The number of aryl methyl sites for hydroxylation is 2. The molecular formula is C28H31ClN6O2. The lowest BCUT2D eigenvalue weighted by Crippen LogP contribution is -2.52. The lowest BCUT2D eigenvalue weighted by atomic mass is 9.98. The van der Waals surface area contributed by atoms with Gasteiger partial charge in [0.2, 0.25) is 5.91 Å². The summed E-state index contributed by atoms with van der Waals surface area (Å²) < 4.78 is 0. The van der Waals surface area contributed by atoms with Gasteiger partial charge in [-0.3, -0.25) is 19.4 Å². The molecule has 0 radical (unpaired) electrons. The molecule has 0 N–H and O–H groups in total. The van der Waals surface area contributed by atoms with Crippen LogP contribution in [0.4, 0.5) is 11.6 Å². The van der Waals surface area contributed by atoms with E-state index in [9.17, 15) is 9.59 Å². The Balaban J connectivity index is 1.24. The highest BCUT2D eigenvalue weighted by Gasteiger charge is 2.30. The van der Waals surface area contributed by atoms with Gasteiger partial charge < -0.3 is 9.80 Å². The second-order valence-corrected chi connectivity index (χ2v) is 10.0. The van der Waals surface area contributed by atoms with E-state index < -0.39 is 0 Å². The summed E-state index contributed by atoms with van der Waals surface area (Å²) in [7, 11) is 0. The van der Waals surface area contributed by atoms with Crippen molar-refractivity contribution in [2.75, 3.05) is 55.6 Å². The average Bonchev–Trinajstić information content (AvgIpc) is 2.91. The molecule has 2 aromatic heterocycles.